The lowest BCUT2D eigenvalue weighted by atomic mass is 9.92. The van der Waals surface area contributed by atoms with E-state index in [1.54, 1.807) is 16.0 Å². The van der Waals surface area contributed by atoms with Gasteiger partial charge in [0.1, 0.15) is 36.1 Å². The Morgan fingerprint density at radius 1 is 0.885 bits per heavy atom. The first kappa shape index (κ1) is 39.6. The molecule has 3 aliphatic heterocycles. The number of aromatic amines is 2. The first-order valence-corrected chi connectivity index (χ1v) is 20.7. The number of nitrogens with one attached hydrogen (secondary N) is 3. The van der Waals surface area contributed by atoms with Gasteiger partial charge in [0.2, 0.25) is 5.91 Å². The number of H-pyrrole nitrogens is 2. The maximum absolute atomic E-state index is 14.1. The number of carbonyl (C=O) groups is 4. The van der Waals surface area contributed by atoms with E-state index in [4.69, 9.17) is 19.4 Å². The van der Waals surface area contributed by atoms with Crippen LogP contribution in [-0.2, 0) is 20.9 Å². The molecule has 3 aliphatic rings. The number of rotatable bonds is 9. The van der Waals surface area contributed by atoms with Gasteiger partial charge in [-0.15, -0.1) is 0 Å². The summed E-state index contributed by atoms with van der Waals surface area (Å²) in [4.78, 5) is 73.4. The van der Waals surface area contributed by atoms with Crippen molar-refractivity contribution in [3.63, 3.8) is 0 Å². The number of nitrogens with zero attached hydrogens (tertiary/aromatic N) is 5. The number of carbonyl (C=O) groups excluding carboxylic acids is 3. The smallest absolute Gasteiger partial charge is 0.407 e. The molecule has 15 nitrogen and oxygen atoms in total. The Morgan fingerprint density at radius 3 is 2.31 bits per heavy atom. The van der Waals surface area contributed by atoms with Gasteiger partial charge in [0.25, 0.3) is 5.91 Å². The summed E-state index contributed by atoms with van der Waals surface area (Å²) in [5.74, 6) is 1.53. The Kier molecular flexibility index (Phi) is 10.3. The second-order valence-electron chi connectivity index (χ2n) is 16.4. The highest BCUT2D eigenvalue weighted by atomic mass is 16.5. The van der Waals surface area contributed by atoms with Crippen molar-refractivity contribution in [1.29, 1.82) is 0 Å². The van der Waals surface area contributed by atoms with Gasteiger partial charge in [0, 0.05) is 36.5 Å². The number of hydrogen-bond acceptors (Lipinski definition) is 8. The molecule has 0 aliphatic carbocycles. The van der Waals surface area contributed by atoms with Crippen LogP contribution in [0.2, 0.25) is 0 Å². The van der Waals surface area contributed by atoms with Crippen molar-refractivity contribution in [3.05, 3.63) is 102 Å². The molecule has 2 fully saturated rings. The molecule has 15 heteroatoms. The minimum absolute atomic E-state index is 0.187. The van der Waals surface area contributed by atoms with E-state index in [0.717, 1.165) is 86.1 Å². The number of likely N-dealkylation sites (N-methyl/N-ethyl adjacent to an activating group) is 1. The fraction of sp³-hybridized carbons (Fsp3) is 0.348. The number of ether oxygens (including phenoxy) is 2. The molecule has 314 valence electrons. The van der Waals surface area contributed by atoms with Crippen LogP contribution in [0.5, 0.6) is 5.75 Å². The summed E-state index contributed by atoms with van der Waals surface area (Å²) in [5, 5.41) is 14.2. The SMILES string of the molecule is COC(=O)N[C@@H](C(=O)N1CCC[C@H]1c1nc2c(ccc3c4c(ccc32)-c2ccc(-c3cnc([C@H]5CCCN5C(=O)[C@H](C(C)C)N(C)C(=O)O)[nH]3)cc2CO4)[nH]1)c1ccccc1. The lowest BCUT2D eigenvalue weighted by Gasteiger charge is -2.33. The number of aromatic nitrogens is 4. The molecule has 4 aromatic carbocycles. The fourth-order valence-corrected chi connectivity index (χ4v) is 9.43. The molecule has 0 bridgehead atoms. The first-order chi connectivity index (χ1) is 29.5. The molecule has 61 heavy (non-hydrogen) atoms. The summed E-state index contributed by atoms with van der Waals surface area (Å²) in [5.41, 5.74) is 7.14. The Balaban J connectivity index is 0.965. The van der Waals surface area contributed by atoms with Crippen molar-refractivity contribution in [3.8, 4) is 28.1 Å². The van der Waals surface area contributed by atoms with Gasteiger partial charge in [-0.2, -0.15) is 0 Å². The predicted octanol–water partition coefficient (Wildman–Crippen LogP) is 7.72. The molecule has 2 saturated heterocycles. The van der Waals surface area contributed by atoms with Crippen molar-refractivity contribution in [2.24, 2.45) is 5.92 Å². The van der Waals surface area contributed by atoms with E-state index >= 15 is 0 Å². The number of fused-ring (bicyclic) bond motifs is 7. The molecule has 0 unspecified atom stereocenters. The zero-order valence-corrected chi connectivity index (χ0v) is 34.5. The minimum atomic E-state index is -1.13. The van der Waals surface area contributed by atoms with E-state index in [0.29, 0.717) is 36.9 Å². The highest BCUT2D eigenvalue weighted by Gasteiger charge is 2.40. The van der Waals surface area contributed by atoms with E-state index in [1.807, 2.05) is 56.3 Å². The Bertz CT molecular complexity index is 2670. The average Bonchev–Trinajstić information content (AvgIpc) is 4.11. The van der Waals surface area contributed by atoms with Crippen LogP contribution in [0.3, 0.4) is 0 Å². The van der Waals surface area contributed by atoms with Gasteiger partial charge in [-0.05, 0) is 78.1 Å². The number of alkyl carbamates (subject to hydrolysis) is 1. The number of hydrogen-bond donors (Lipinski definition) is 4. The van der Waals surface area contributed by atoms with Gasteiger partial charge in [-0.25, -0.2) is 19.6 Å². The molecule has 5 heterocycles. The quantitative estimate of drug-likeness (QED) is 0.113. The third kappa shape index (κ3) is 7.06. The largest absolute Gasteiger partial charge is 0.488 e. The zero-order valence-electron chi connectivity index (χ0n) is 34.5. The summed E-state index contributed by atoms with van der Waals surface area (Å²) < 4.78 is 11.4. The maximum Gasteiger partial charge on any atom is 0.407 e. The van der Waals surface area contributed by atoms with Crippen molar-refractivity contribution < 1.29 is 33.8 Å². The van der Waals surface area contributed by atoms with Crippen LogP contribution in [0.4, 0.5) is 9.59 Å². The molecule has 6 aromatic rings. The van der Waals surface area contributed by atoms with Gasteiger partial charge in [-0.3, -0.25) is 14.5 Å². The fourth-order valence-electron chi connectivity index (χ4n) is 9.43. The van der Waals surface area contributed by atoms with Gasteiger partial charge in [0.15, 0.2) is 0 Å². The van der Waals surface area contributed by atoms with E-state index in [1.165, 1.54) is 14.2 Å². The summed E-state index contributed by atoms with van der Waals surface area (Å²) in [6.07, 6.45) is 3.04. The van der Waals surface area contributed by atoms with E-state index in [2.05, 4.69) is 45.6 Å². The predicted molar refractivity (Wildman–Crippen MR) is 227 cm³/mol. The number of carboxylic acid groups (broad SMARTS) is 1. The topological polar surface area (TPSA) is 186 Å². The van der Waals surface area contributed by atoms with Crippen molar-refractivity contribution in [1.82, 2.24) is 40.0 Å². The maximum atomic E-state index is 14.1. The molecule has 9 rings (SSSR count). The molecule has 0 spiro atoms. The van der Waals surface area contributed by atoms with Crippen LogP contribution >= 0.6 is 0 Å². The summed E-state index contributed by atoms with van der Waals surface area (Å²) in [6, 6.07) is 21.4. The number of amides is 4. The highest BCUT2D eigenvalue weighted by Crippen LogP contribution is 2.45. The second-order valence-corrected chi connectivity index (χ2v) is 16.4. The molecule has 4 amide bonds. The Hall–Kier alpha value is -6.90. The molecule has 0 saturated carbocycles. The van der Waals surface area contributed by atoms with Crippen molar-refractivity contribution in [2.75, 3.05) is 27.2 Å². The number of methoxy groups -OCH3 is 1. The Labute approximate surface area is 352 Å². The standard InChI is InChI=1S/C46H48N8O7/c1-25(2)39(52(3)46(58)59)44(56)54-21-8-12-35(54)41-47-23-34(49-41)27-14-15-29-28(22-27)24-61-40-31(29)17-16-30-32(40)18-19-33-38(30)50-42(48-33)36-13-9-20-53(36)43(55)37(51-45(57)60-4)26-10-6-5-7-11-26/h5-7,10-11,14-19,22-23,25,35-37,39H,8-9,12-13,20-21,24H2,1-4H3,(H,47,49)(H,48,50)(H,51,57)(H,58,59)/t35-,36+,37-,39+/m1/s1. The van der Waals surface area contributed by atoms with Crippen LogP contribution in [0.25, 0.3) is 44.2 Å². The van der Waals surface area contributed by atoms with Gasteiger partial charge < -0.3 is 39.7 Å². The van der Waals surface area contributed by atoms with Crippen LogP contribution in [0.1, 0.15) is 80.4 Å². The molecule has 4 N–H and O–H groups in total. The summed E-state index contributed by atoms with van der Waals surface area (Å²) in [6.45, 7) is 5.16. The molecular formula is C46H48N8O7. The third-order valence-corrected chi connectivity index (χ3v) is 12.4. The Morgan fingerprint density at radius 2 is 1.59 bits per heavy atom. The van der Waals surface area contributed by atoms with Crippen LogP contribution in [0.15, 0.2) is 79.0 Å². The second kappa shape index (κ2) is 15.9. The van der Waals surface area contributed by atoms with Crippen LogP contribution < -0.4 is 10.1 Å². The van der Waals surface area contributed by atoms with Gasteiger partial charge in [-0.1, -0.05) is 62.4 Å². The molecule has 0 radical (unpaired) electrons. The first-order valence-electron chi connectivity index (χ1n) is 20.7. The average molecular weight is 825 g/mol. The zero-order chi connectivity index (χ0) is 42.5. The molecular weight excluding hydrogens is 777 g/mol. The van der Waals surface area contributed by atoms with Crippen LogP contribution in [0, 0.1) is 5.92 Å². The minimum Gasteiger partial charge on any atom is -0.488 e. The number of imidazole rings is 2. The molecule has 2 aromatic heterocycles. The van der Waals surface area contributed by atoms with E-state index in [9.17, 15) is 24.3 Å². The van der Waals surface area contributed by atoms with Crippen molar-refractivity contribution in [2.45, 2.75) is 70.3 Å². The van der Waals surface area contributed by atoms with Crippen LogP contribution in [-0.4, -0.2) is 97.0 Å². The lowest BCUT2D eigenvalue weighted by Crippen LogP contribution is -2.51. The van der Waals surface area contributed by atoms with Crippen molar-refractivity contribution >= 4 is 45.8 Å². The highest BCUT2D eigenvalue weighted by molar-refractivity contribution is 6.09. The summed E-state index contributed by atoms with van der Waals surface area (Å²) >= 11 is 0. The normalized spacial score (nSPS) is 18.1. The lowest BCUT2D eigenvalue weighted by molar-refractivity contribution is -0.138. The monoisotopic (exact) mass is 824 g/mol. The summed E-state index contributed by atoms with van der Waals surface area (Å²) in [7, 11) is 2.73. The number of likely N-dealkylation sites (tertiary alicyclic amines) is 2. The van der Waals surface area contributed by atoms with E-state index < -0.39 is 24.3 Å². The van der Waals surface area contributed by atoms with E-state index in [-0.39, 0.29) is 29.8 Å². The van der Waals surface area contributed by atoms with Gasteiger partial charge >= 0.3 is 12.2 Å². The van der Waals surface area contributed by atoms with Gasteiger partial charge in [0.05, 0.1) is 42.1 Å². The molecule has 4 atom stereocenters. The third-order valence-electron chi connectivity index (χ3n) is 12.4. The number of benzene rings is 4.